The Labute approximate surface area is 188 Å². The summed E-state index contributed by atoms with van der Waals surface area (Å²) < 4.78 is 18.9. The van der Waals surface area contributed by atoms with Gasteiger partial charge in [0, 0.05) is 16.8 Å². The summed E-state index contributed by atoms with van der Waals surface area (Å²) in [6.45, 7) is 0. The summed E-state index contributed by atoms with van der Waals surface area (Å²) in [6.07, 6.45) is 0. The van der Waals surface area contributed by atoms with Crippen molar-refractivity contribution in [3.8, 4) is 5.75 Å². The molecule has 0 heterocycles. The number of para-hydroxylation sites is 1. The Balaban J connectivity index is 1.75. The van der Waals surface area contributed by atoms with E-state index >= 15 is 0 Å². The van der Waals surface area contributed by atoms with E-state index in [1.54, 1.807) is 55.6 Å². The number of benzene rings is 3. The van der Waals surface area contributed by atoms with Crippen molar-refractivity contribution in [3.05, 3.63) is 116 Å². The van der Waals surface area contributed by atoms with Gasteiger partial charge < -0.3 is 21.1 Å². The molecule has 0 fully saturated rings. The molecule has 1 unspecified atom stereocenters. The highest BCUT2D eigenvalue weighted by molar-refractivity contribution is 5.95. The van der Waals surface area contributed by atoms with Crippen LogP contribution in [0, 0.1) is 5.82 Å². The van der Waals surface area contributed by atoms with Gasteiger partial charge in [-0.3, -0.25) is 14.4 Å². The van der Waals surface area contributed by atoms with Crippen LogP contribution >= 0.6 is 0 Å². The molecular formula is C25H20FN3O4. The fourth-order valence-corrected chi connectivity index (χ4v) is 3.51. The van der Waals surface area contributed by atoms with Crippen LogP contribution in [0.5, 0.6) is 5.75 Å². The van der Waals surface area contributed by atoms with E-state index in [9.17, 15) is 18.8 Å². The topological polar surface area (TPSA) is 111 Å². The average Bonchev–Trinajstić information content (AvgIpc) is 2.85. The summed E-state index contributed by atoms with van der Waals surface area (Å²) >= 11 is 0. The van der Waals surface area contributed by atoms with Crippen molar-refractivity contribution in [2.24, 2.45) is 0 Å². The molecule has 0 aliphatic heterocycles. The first kappa shape index (κ1) is 21.8. The maximum absolute atomic E-state index is 13.7. The standard InChI is InChI=1S/C25H20FN3O4/c1-33-17-11-9-14(10-12-17)21(29-25(32)15-5-4-6-16(26)13-15)18-7-2-3-8-19(18)28-22-20(27)23(30)24(22)31/h2-13,21,28H,27H2,1H3,(H,29,32). The van der Waals surface area contributed by atoms with Crippen molar-refractivity contribution in [1.82, 2.24) is 5.32 Å². The smallest absolute Gasteiger partial charge is 0.253 e. The van der Waals surface area contributed by atoms with E-state index in [-0.39, 0.29) is 16.9 Å². The minimum Gasteiger partial charge on any atom is -0.497 e. The number of halogens is 1. The van der Waals surface area contributed by atoms with Crippen molar-refractivity contribution in [2.75, 3.05) is 18.2 Å². The highest BCUT2D eigenvalue weighted by Gasteiger charge is 2.24. The van der Waals surface area contributed by atoms with E-state index in [0.717, 1.165) is 6.07 Å². The lowest BCUT2D eigenvalue weighted by atomic mass is 9.96. The number of carbonyl (C=O) groups is 1. The summed E-state index contributed by atoms with van der Waals surface area (Å²) in [7, 11) is 1.55. The van der Waals surface area contributed by atoms with Gasteiger partial charge in [0.15, 0.2) is 0 Å². The van der Waals surface area contributed by atoms with Crippen LogP contribution < -0.4 is 32.0 Å². The van der Waals surface area contributed by atoms with Gasteiger partial charge in [0.05, 0.1) is 13.2 Å². The van der Waals surface area contributed by atoms with Crippen LogP contribution in [0.2, 0.25) is 0 Å². The van der Waals surface area contributed by atoms with Crippen molar-refractivity contribution >= 4 is 23.0 Å². The van der Waals surface area contributed by atoms with Crippen molar-refractivity contribution < 1.29 is 13.9 Å². The molecule has 0 saturated carbocycles. The predicted octanol–water partition coefficient (Wildman–Crippen LogP) is 3.28. The molecule has 0 radical (unpaired) electrons. The molecular weight excluding hydrogens is 425 g/mol. The molecule has 4 N–H and O–H groups in total. The van der Waals surface area contributed by atoms with E-state index in [4.69, 9.17) is 10.5 Å². The van der Waals surface area contributed by atoms with Crippen LogP contribution in [0.4, 0.5) is 21.5 Å². The monoisotopic (exact) mass is 445 g/mol. The van der Waals surface area contributed by atoms with E-state index in [2.05, 4.69) is 10.6 Å². The van der Waals surface area contributed by atoms with Gasteiger partial charge in [0.2, 0.25) is 0 Å². The third-order valence-electron chi connectivity index (χ3n) is 5.29. The quantitative estimate of drug-likeness (QED) is 0.377. The molecule has 1 atom stereocenters. The van der Waals surface area contributed by atoms with Crippen LogP contribution in [0.15, 0.2) is 82.4 Å². The van der Waals surface area contributed by atoms with Gasteiger partial charge in [-0.25, -0.2) is 4.39 Å². The summed E-state index contributed by atoms with van der Waals surface area (Å²) in [5.74, 6) is -0.378. The Morgan fingerprint density at radius 1 is 0.970 bits per heavy atom. The molecule has 0 aliphatic rings. The number of methoxy groups -OCH3 is 1. The molecule has 0 spiro atoms. The summed E-state index contributed by atoms with van der Waals surface area (Å²) in [4.78, 5) is 36.4. The lowest BCUT2D eigenvalue weighted by Gasteiger charge is -2.24. The predicted molar refractivity (Wildman–Crippen MR) is 124 cm³/mol. The summed E-state index contributed by atoms with van der Waals surface area (Å²) in [5.41, 5.74) is 6.08. The maximum atomic E-state index is 13.7. The van der Waals surface area contributed by atoms with E-state index < -0.39 is 28.6 Å². The lowest BCUT2D eigenvalue weighted by molar-refractivity contribution is 0.0942. The summed E-state index contributed by atoms with van der Waals surface area (Å²) in [5, 5.41) is 5.85. The number of carbonyl (C=O) groups excluding carboxylic acids is 1. The number of nitrogens with one attached hydrogen (secondary N) is 2. The van der Waals surface area contributed by atoms with Crippen LogP contribution in [-0.2, 0) is 0 Å². The molecule has 166 valence electrons. The fourth-order valence-electron chi connectivity index (χ4n) is 3.51. The Bertz CT molecular complexity index is 1390. The fraction of sp³-hybridized carbons (Fsp3) is 0.0800. The minimum absolute atomic E-state index is 0.0115. The number of nitrogens with two attached hydrogens (primary N) is 1. The largest absolute Gasteiger partial charge is 0.497 e. The molecule has 1 amide bonds. The number of amides is 1. The van der Waals surface area contributed by atoms with Gasteiger partial charge in [-0.1, -0.05) is 36.4 Å². The average molecular weight is 445 g/mol. The lowest BCUT2D eigenvalue weighted by Crippen LogP contribution is -2.36. The second-order valence-corrected chi connectivity index (χ2v) is 7.35. The third-order valence-corrected chi connectivity index (χ3v) is 5.29. The Morgan fingerprint density at radius 2 is 1.70 bits per heavy atom. The molecule has 4 rings (SSSR count). The molecule has 0 bridgehead atoms. The second kappa shape index (κ2) is 8.96. The van der Waals surface area contributed by atoms with Crippen molar-refractivity contribution in [2.45, 2.75) is 6.04 Å². The molecule has 7 nitrogen and oxygen atoms in total. The van der Waals surface area contributed by atoms with Gasteiger partial charge in [-0.15, -0.1) is 0 Å². The highest BCUT2D eigenvalue weighted by Crippen LogP contribution is 2.32. The third kappa shape index (κ3) is 4.31. The zero-order valence-corrected chi connectivity index (χ0v) is 17.6. The maximum Gasteiger partial charge on any atom is 0.253 e. The van der Waals surface area contributed by atoms with Crippen LogP contribution in [0.3, 0.4) is 0 Å². The van der Waals surface area contributed by atoms with Crippen LogP contribution in [0.1, 0.15) is 27.5 Å². The number of anilines is 3. The van der Waals surface area contributed by atoms with Crippen LogP contribution in [-0.4, -0.2) is 13.0 Å². The molecule has 33 heavy (non-hydrogen) atoms. The van der Waals surface area contributed by atoms with Gasteiger partial charge in [0.1, 0.15) is 22.9 Å². The number of ether oxygens (including phenoxy) is 1. The van der Waals surface area contributed by atoms with E-state index in [1.807, 2.05) is 0 Å². The molecule has 8 heteroatoms. The Hall–Kier alpha value is -4.46. The van der Waals surface area contributed by atoms with E-state index in [1.165, 1.54) is 18.2 Å². The van der Waals surface area contributed by atoms with Crippen molar-refractivity contribution in [1.29, 1.82) is 0 Å². The number of rotatable bonds is 7. The van der Waals surface area contributed by atoms with Gasteiger partial charge >= 0.3 is 0 Å². The van der Waals surface area contributed by atoms with Gasteiger partial charge in [0.25, 0.3) is 16.8 Å². The Morgan fingerprint density at radius 3 is 2.36 bits per heavy atom. The van der Waals surface area contributed by atoms with Gasteiger partial charge in [-0.2, -0.15) is 0 Å². The zero-order valence-electron chi connectivity index (χ0n) is 17.6. The Kier molecular flexibility index (Phi) is 5.91. The molecule has 0 aliphatic carbocycles. The zero-order chi connectivity index (χ0) is 23.5. The number of nitrogen functional groups attached to an aromatic ring is 1. The van der Waals surface area contributed by atoms with Crippen molar-refractivity contribution in [3.63, 3.8) is 0 Å². The summed E-state index contributed by atoms with van der Waals surface area (Å²) in [6, 6.07) is 18.8. The molecule has 0 aromatic heterocycles. The first-order valence-electron chi connectivity index (χ1n) is 10.0. The first-order valence-corrected chi connectivity index (χ1v) is 10.0. The van der Waals surface area contributed by atoms with Crippen LogP contribution in [0.25, 0.3) is 0 Å². The highest BCUT2D eigenvalue weighted by atomic mass is 19.1. The first-order chi connectivity index (χ1) is 15.9. The molecule has 4 aromatic rings. The molecule has 0 saturated heterocycles. The van der Waals surface area contributed by atoms with E-state index in [0.29, 0.717) is 22.6 Å². The second-order valence-electron chi connectivity index (χ2n) is 7.35. The minimum atomic E-state index is -0.735. The number of hydrogen-bond acceptors (Lipinski definition) is 6. The normalized spacial score (nSPS) is 11.7. The number of hydrogen-bond donors (Lipinski definition) is 3. The SMILES string of the molecule is COc1ccc(C(NC(=O)c2cccc(F)c2)c2ccccc2Nc2c(N)c(=O)c2=O)cc1. The van der Waals surface area contributed by atoms with Gasteiger partial charge in [-0.05, 0) is 42.0 Å². The molecule has 4 aromatic carbocycles.